The van der Waals surface area contributed by atoms with E-state index >= 15 is 0 Å². The summed E-state index contributed by atoms with van der Waals surface area (Å²) in [7, 11) is 0. The van der Waals surface area contributed by atoms with Gasteiger partial charge in [-0.15, -0.1) is 0 Å². The fourth-order valence-corrected chi connectivity index (χ4v) is 1.25. The SMILES string of the molecule is Cc1ccc(NC(=O)CO)cc1Br. The van der Waals surface area contributed by atoms with Gasteiger partial charge in [0.15, 0.2) is 0 Å². The average Bonchev–Trinajstić information content (AvgIpc) is 2.11. The van der Waals surface area contributed by atoms with Gasteiger partial charge in [-0.1, -0.05) is 22.0 Å². The fourth-order valence-electron chi connectivity index (χ4n) is 0.871. The first-order valence-electron chi connectivity index (χ1n) is 3.80. The Morgan fingerprint density at radius 3 is 2.85 bits per heavy atom. The molecule has 13 heavy (non-hydrogen) atoms. The number of benzene rings is 1. The van der Waals surface area contributed by atoms with E-state index in [0.29, 0.717) is 5.69 Å². The van der Waals surface area contributed by atoms with Crippen molar-refractivity contribution in [2.75, 3.05) is 11.9 Å². The quantitative estimate of drug-likeness (QED) is 0.831. The Hall–Kier alpha value is -0.870. The predicted octanol–water partition coefficient (Wildman–Crippen LogP) is 1.69. The third-order valence-corrected chi connectivity index (χ3v) is 2.45. The van der Waals surface area contributed by atoms with Gasteiger partial charge in [0.2, 0.25) is 5.91 Å². The van der Waals surface area contributed by atoms with Crippen LogP contribution >= 0.6 is 15.9 Å². The molecule has 3 nitrogen and oxygen atoms in total. The van der Waals surface area contributed by atoms with Gasteiger partial charge in [-0.2, -0.15) is 0 Å². The maximum absolute atomic E-state index is 10.8. The van der Waals surface area contributed by atoms with Crippen molar-refractivity contribution in [2.24, 2.45) is 0 Å². The van der Waals surface area contributed by atoms with Gasteiger partial charge in [0.25, 0.3) is 0 Å². The Kier molecular flexibility index (Phi) is 3.45. The number of nitrogens with one attached hydrogen (secondary N) is 1. The minimum Gasteiger partial charge on any atom is -0.387 e. The van der Waals surface area contributed by atoms with Crippen LogP contribution in [0.3, 0.4) is 0 Å². The number of hydrogen-bond donors (Lipinski definition) is 2. The molecule has 0 atom stereocenters. The van der Waals surface area contributed by atoms with Crippen LogP contribution in [0.1, 0.15) is 5.56 Å². The number of amides is 1. The van der Waals surface area contributed by atoms with Crippen molar-refractivity contribution < 1.29 is 9.90 Å². The zero-order valence-electron chi connectivity index (χ0n) is 7.17. The molecule has 0 heterocycles. The molecule has 0 bridgehead atoms. The maximum Gasteiger partial charge on any atom is 0.250 e. The van der Waals surface area contributed by atoms with Gasteiger partial charge >= 0.3 is 0 Å². The van der Waals surface area contributed by atoms with Gasteiger partial charge in [-0.3, -0.25) is 4.79 Å². The molecule has 0 saturated heterocycles. The summed E-state index contributed by atoms with van der Waals surface area (Å²) in [6.07, 6.45) is 0. The van der Waals surface area contributed by atoms with Gasteiger partial charge in [0.05, 0.1) is 0 Å². The highest BCUT2D eigenvalue weighted by Gasteiger charge is 2.01. The van der Waals surface area contributed by atoms with Crippen molar-refractivity contribution in [1.29, 1.82) is 0 Å². The molecule has 2 N–H and O–H groups in total. The zero-order valence-corrected chi connectivity index (χ0v) is 8.76. The molecule has 1 aromatic carbocycles. The van der Waals surface area contributed by atoms with Crippen molar-refractivity contribution in [2.45, 2.75) is 6.92 Å². The zero-order chi connectivity index (χ0) is 9.84. The Labute approximate surface area is 84.9 Å². The Bertz CT molecular complexity index is 325. The second-order valence-corrected chi connectivity index (χ2v) is 3.52. The largest absolute Gasteiger partial charge is 0.387 e. The van der Waals surface area contributed by atoms with Crippen molar-refractivity contribution in [3.8, 4) is 0 Å². The Morgan fingerprint density at radius 1 is 1.62 bits per heavy atom. The molecule has 70 valence electrons. The average molecular weight is 244 g/mol. The van der Waals surface area contributed by atoms with Crippen LogP contribution < -0.4 is 5.32 Å². The molecule has 0 aliphatic heterocycles. The predicted molar refractivity (Wildman–Crippen MR) is 54.6 cm³/mol. The lowest BCUT2D eigenvalue weighted by Crippen LogP contribution is -2.15. The normalized spacial score (nSPS) is 9.77. The van der Waals surface area contributed by atoms with Crippen LogP contribution in [0, 0.1) is 6.92 Å². The van der Waals surface area contributed by atoms with Crippen LogP contribution in [0.5, 0.6) is 0 Å². The molecule has 0 fully saturated rings. The van der Waals surface area contributed by atoms with E-state index in [4.69, 9.17) is 5.11 Å². The first kappa shape index (κ1) is 10.2. The van der Waals surface area contributed by atoms with Gasteiger partial charge in [0.1, 0.15) is 6.61 Å². The highest BCUT2D eigenvalue weighted by Crippen LogP contribution is 2.20. The second-order valence-electron chi connectivity index (χ2n) is 2.67. The summed E-state index contributed by atoms with van der Waals surface area (Å²) in [6, 6.07) is 5.47. The van der Waals surface area contributed by atoms with Gasteiger partial charge in [-0.25, -0.2) is 0 Å². The third-order valence-electron chi connectivity index (χ3n) is 1.60. The molecule has 1 amide bonds. The third kappa shape index (κ3) is 2.82. The van der Waals surface area contributed by atoms with E-state index in [-0.39, 0.29) is 0 Å². The molecule has 0 radical (unpaired) electrons. The molecule has 0 aliphatic rings. The molecule has 0 aromatic heterocycles. The minimum absolute atomic E-state index is 0.407. The van der Waals surface area contributed by atoms with Gasteiger partial charge in [0, 0.05) is 10.2 Å². The van der Waals surface area contributed by atoms with E-state index in [1.165, 1.54) is 0 Å². The topological polar surface area (TPSA) is 49.3 Å². The summed E-state index contributed by atoms with van der Waals surface area (Å²) >= 11 is 3.34. The number of aliphatic hydroxyl groups excluding tert-OH is 1. The van der Waals surface area contributed by atoms with Crippen molar-refractivity contribution in [1.82, 2.24) is 0 Å². The van der Waals surface area contributed by atoms with Crippen LogP contribution in [0.25, 0.3) is 0 Å². The highest BCUT2D eigenvalue weighted by atomic mass is 79.9. The molecule has 4 heteroatoms. The maximum atomic E-state index is 10.8. The lowest BCUT2D eigenvalue weighted by molar-refractivity contribution is -0.118. The van der Waals surface area contributed by atoms with E-state index in [0.717, 1.165) is 10.0 Å². The van der Waals surface area contributed by atoms with Crippen molar-refractivity contribution >= 4 is 27.5 Å². The minimum atomic E-state index is -0.495. The van der Waals surface area contributed by atoms with E-state index < -0.39 is 12.5 Å². The lowest BCUT2D eigenvalue weighted by Gasteiger charge is -2.04. The van der Waals surface area contributed by atoms with Crippen LogP contribution in [-0.2, 0) is 4.79 Å². The van der Waals surface area contributed by atoms with E-state index in [2.05, 4.69) is 21.2 Å². The van der Waals surface area contributed by atoms with E-state index in [1.54, 1.807) is 12.1 Å². The van der Waals surface area contributed by atoms with Crippen LogP contribution in [0.15, 0.2) is 22.7 Å². The summed E-state index contributed by atoms with van der Waals surface area (Å²) in [6.45, 7) is 1.47. The smallest absolute Gasteiger partial charge is 0.250 e. The molecule has 1 aromatic rings. The Morgan fingerprint density at radius 2 is 2.31 bits per heavy atom. The van der Waals surface area contributed by atoms with E-state index in [9.17, 15) is 4.79 Å². The van der Waals surface area contributed by atoms with Crippen LogP contribution in [0.2, 0.25) is 0 Å². The summed E-state index contributed by atoms with van der Waals surface area (Å²) in [5.74, 6) is -0.407. The number of carbonyl (C=O) groups is 1. The standard InChI is InChI=1S/C9H10BrNO2/c1-6-2-3-7(4-8(6)10)11-9(13)5-12/h2-4,12H,5H2,1H3,(H,11,13). The van der Waals surface area contributed by atoms with Crippen molar-refractivity contribution in [3.05, 3.63) is 28.2 Å². The van der Waals surface area contributed by atoms with Crippen molar-refractivity contribution in [3.63, 3.8) is 0 Å². The fraction of sp³-hybridized carbons (Fsp3) is 0.222. The molecule has 0 saturated carbocycles. The van der Waals surface area contributed by atoms with Gasteiger partial charge in [-0.05, 0) is 24.6 Å². The molecule has 0 aliphatic carbocycles. The number of halogens is 1. The monoisotopic (exact) mass is 243 g/mol. The highest BCUT2D eigenvalue weighted by molar-refractivity contribution is 9.10. The number of anilines is 1. The van der Waals surface area contributed by atoms with E-state index in [1.807, 2.05) is 13.0 Å². The lowest BCUT2D eigenvalue weighted by atomic mass is 10.2. The number of rotatable bonds is 2. The van der Waals surface area contributed by atoms with Gasteiger partial charge < -0.3 is 10.4 Å². The summed E-state index contributed by atoms with van der Waals surface area (Å²) in [5, 5.41) is 11.0. The first-order valence-corrected chi connectivity index (χ1v) is 4.59. The summed E-state index contributed by atoms with van der Waals surface area (Å²) in [5.41, 5.74) is 1.78. The van der Waals surface area contributed by atoms with Crippen LogP contribution in [0.4, 0.5) is 5.69 Å². The molecule has 0 unspecified atom stereocenters. The number of hydrogen-bond acceptors (Lipinski definition) is 2. The first-order chi connectivity index (χ1) is 6.13. The number of aryl methyl sites for hydroxylation is 1. The number of aliphatic hydroxyl groups is 1. The number of carbonyl (C=O) groups excluding carboxylic acids is 1. The summed E-state index contributed by atoms with van der Waals surface area (Å²) in [4.78, 5) is 10.8. The second kappa shape index (κ2) is 4.39. The molecular formula is C9H10BrNO2. The molecular weight excluding hydrogens is 234 g/mol. The Balaban J connectivity index is 2.79. The summed E-state index contributed by atoms with van der Waals surface area (Å²) < 4.78 is 0.934. The molecule has 0 spiro atoms. The van der Waals surface area contributed by atoms with Crippen LogP contribution in [-0.4, -0.2) is 17.6 Å². The molecule has 1 rings (SSSR count).